The van der Waals surface area contributed by atoms with Crippen LogP contribution in [0.25, 0.3) is 0 Å². The summed E-state index contributed by atoms with van der Waals surface area (Å²) in [5.74, 6) is 0.637. The summed E-state index contributed by atoms with van der Waals surface area (Å²) < 4.78 is 24.6. The van der Waals surface area contributed by atoms with Crippen LogP contribution < -0.4 is 10.6 Å². The zero-order valence-electron chi connectivity index (χ0n) is 15.1. The number of nitrogens with zero attached hydrogens (tertiary/aromatic N) is 1. The monoisotopic (exact) mass is 487 g/mol. The zero-order chi connectivity index (χ0) is 18.1. The standard InChI is InChI=1S/C19H25N3O2S.HI/c1-3-20-19(22-15-17-11-9-16(2)10-12-17)21-13-14-25(23,24)18-7-5-4-6-8-18;/h4-12H,3,13-15H2,1-2H3,(H2,20,21,22);1H. The van der Waals surface area contributed by atoms with Gasteiger partial charge in [0.15, 0.2) is 15.8 Å². The SMILES string of the molecule is CCNC(=NCc1ccc(C)cc1)NCCS(=O)(=O)c1ccccc1.I. The van der Waals surface area contributed by atoms with Crippen molar-refractivity contribution in [2.45, 2.75) is 25.3 Å². The van der Waals surface area contributed by atoms with Crippen molar-refractivity contribution in [2.24, 2.45) is 4.99 Å². The lowest BCUT2D eigenvalue weighted by molar-refractivity contribution is 0.594. The van der Waals surface area contributed by atoms with Crippen LogP contribution in [0.1, 0.15) is 18.1 Å². The van der Waals surface area contributed by atoms with Crippen LogP contribution in [0.15, 0.2) is 64.5 Å². The Morgan fingerprint density at radius 3 is 2.27 bits per heavy atom. The summed E-state index contributed by atoms with van der Waals surface area (Å²) >= 11 is 0. The Balaban J connectivity index is 0.00000338. The van der Waals surface area contributed by atoms with Crippen LogP contribution in [0.3, 0.4) is 0 Å². The van der Waals surface area contributed by atoms with Gasteiger partial charge in [-0.3, -0.25) is 0 Å². The van der Waals surface area contributed by atoms with Gasteiger partial charge >= 0.3 is 0 Å². The molecule has 0 bridgehead atoms. The van der Waals surface area contributed by atoms with E-state index in [-0.39, 0.29) is 29.7 Å². The Kier molecular flexibility index (Phi) is 9.64. The molecule has 0 aliphatic rings. The zero-order valence-corrected chi connectivity index (χ0v) is 18.3. The molecule has 7 heteroatoms. The van der Waals surface area contributed by atoms with Crippen molar-refractivity contribution >= 4 is 39.8 Å². The Morgan fingerprint density at radius 2 is 1.65 bits per heavy atom. The van der Waals surface area contributed by atoms with Crippen molar-refractivity contribution in [3.8, 4) is 0 Å². The Morgan fingerprint density at radius 1 is 1.00 bits per heavy atom. The molecule has 0 atom stereocenters. The van der Waals surface area contributed by atoms with Crippen LogP contribution in [0, 0.1) is 6.92 Å². The van der Waals surface area contributed by atoms with E-state index in [2.05, 4.69) is 27.8 Å². The van der Waals surface area contributed by atoms with Crippen LogP contribution in [-0.2, 0) is 16.4 Å². The second-order valence-electron chi connectivity index (χ2n) is 5.74. The molecule has 142 valence electrons. The van der Waals surface area contributed by atoms with Gasteiger partial charge in [-0.2, -0.15) is 0 Å². The fourth-order valence-electron chi connectivity index (χ4n) is 2.26. The first kappa shape index (κ1) is 22.4. The second kappa shape index (κ2) is 11.2. The van der Waals surface area contributed by atoms with Gasteiger partial charge in [0, 0.05) is 13.1 Å². The number of hydrogen-bond acceptors (Lipinski definition) is 3. The van der Waals surface area contributed by atoms with E-state index in [0.717, 1.165) is 5.56 Å². The molecule has 0 amide bonds. The van der Waals surface area contributed by atoms with Crippen LogP contribution >= 0.6 is 24.0 Å². The smallest absolute Gasteiger partial charge is 0.191 e. The van der Waals surface area contributed by atoms with Gasteiger partial charge in [-0.15, -0.1) is 24.0 Å². The van der Waals surface area contributed by atoms with Crippen molar-refractivity contribution in [3.05, 3.63) is 65.7 Å². The molecule has 0 radical (unpaired) electrons. The first-order chi connectivity index (χ1) is 12.0. The maximum absolute atomic E-state index is 12.3. The first-order valence-corrected chi connectivity index (χ1v) is 10.0. The molecule has 2 aromatic carbocycles. The molecule has 26 heavy (non-hydrogen) atoms. The first-order valence-electron chi connectivity index (χ1n) is 8.37. The second-order valence-corrected chi connectivity index (χ2v) is 7.85. The Labute approximate surface area is 173 Å². The molecule has 0 saturated heterocycles. The van der Waals surface area contributed by atoms with Gasteiger partial charge in [-0.1, -0.05) is 48.0 Å². The number of aliphatic imine (C=N–C) groups is 1. The maximum atomic E-state index is 12.3. The Bertz CT molecular complexity index is 791. The number of guanidine groups is 1. The van der Waals surface area contributed by atoms with Gasteiger partial charge in [0.2, 0.25) is 0 Å². The van der Waals surface area contributed by atoms with Crippen LogP contribution in [0.5, 0.6) is 0 Å². The van der Waals surface area contributed by atoms with E-state index in [9.17, 15) is 8.42 Å². The predicted octanol–water partition coefficient (Wildman–Crippen LogP) is 3.14. The van der Waals surface area contributed by atoms with Crippen LogP contribution in [0.4, 0.5) is 0 Å². The van der Waals surface area contributed by atoms with Gasteiger partial charge in [-0.25, -0.2) is 13.4 Å². The molecule has 0 aromatic heterocycles. The van der Waals surface area contributed by atoms with E-state index in [4.69, 9.17) is 0 Å². The largest absolute Gasteiger partial charge is 0.357 e. The third-order valence-corrected chi connectivity index (χ3v) is 5.38. The summed E-state index contributed by atoms with van der Waals surface area (Å²) in [7, 11) is -3.29. The highest BCUT2D eigenvalue weighted by atomic mass is 127. The molecule has 5 nitrogen and oxygen atoms in total. The van der Waals surface area contributed by atoms with Gasteiger partial charge in [0.1, 0.15) is 0 Å². The molecule has 0 aliphatic heterocycles. The maximum Gasteiger partial charge on any atom is 0.191 e. The number of nitrogens with one attached hydrogen (secondary N) is 2. The lowest BCUT2D eigenvalue weighted by Crippen LogP contribution is -2.39. The Hall–Kier alpha value is -1.61. The molecule has 2 aromatic rings. The number of halogens is 1. The topological polar surface area (TPSA) is 70.6 Å². The normalized spacial score (nSPS) is 11.5. The van der Waals surface area contributed by atoms with Crippen molar-refractivity contribution in [1.29, 1.82) is 0 Å². The van der Waals surface area contributed by atoms with E-state index in [1.54, 1.807) is 30.3 Å². The van der Waals surface area contributed by atoms with E-state index < -0.39 is 9.84 Å². The number of benzene rings is 2. The van der Waals surface area contributed by atoms with E-state index in [1.165, 1.54) is 5.56 Å². The summed E-state index contributed by atoms with van der Waals surface area (Å²) in [5, 5.41) is 6.22. The van der Waals surface area contributed by atoms with Crippen LogP contribution in [-0.4, -0.2) is 33.2 Å². The fraction of sp³-hybridized carbons (Fsp3) is 0.316. The molecule has 2 rings (SSSR count). The fourth-order valence-corrected chi connectivity index (χ4v) is 3.43. The third kappa shape index (κ3) is 7.33. The minimum absolute atomic E-state index is 0. The minimum Gasteiger partial charge on any atom is -0.357 e. The lowest BCUT2D eigenvalue weighted by atomic mass is 10.1. The van der Waals surface area contributed by atoms with Crippen molar-refractivity contribution in [3.63, 3.8) is 0 Å². The van der Waals surface area contributed by atoms with E-state index in [1.807, 2.05) is 26.0 Å². The highest BCUT2D eigenvalue weighted by Gasteiger charge is 2.13. The van der Waals surface area contributed by atoms with Crippen molar-refractivity contribution in [2.75, 3.05) is 18.8 Å². The van der Waals surface area contributed by atoms with Gasteiger partial charge in [0.05, 0.1) is 17.2 Å². The van der Waals surface area contributed by atoms with Gasteiger partial charge in [0.25, 0.3) is 0 Å². The molecular formula is C19H26IN3O2S. The number of aryl methyl sites for hydroxylation is 1. The number of rotatable bonds is 7. The summed E-state index contributed by atoms with van der Waals surface area (Å²) in [5.41, 5.74) is 2.32. The average molecular weight is 487 g/mol. The summed E-state index contributed by atoms with van der Waals surface area (Å²) in [6, 6.07) is 16.7. The number of hydrogen-bond donors (Lipinski definition) is 2. The van der Waals surface area contributed by atoms with E-state index >= 15 is 0 Å². The van der Waals surface area contributed by atoms with E-state index in [0.29, 0.717) is 30.5 Å². The highest BCUT2D eigenvalue weighted by molar-refractivity contribution is 14.0. The van der Waals surface area contributed by atoms with Gasteiger partial charge < -0.3 is 10.6 Å². The molecule has 0 heterocycles. The van der Waals surface area contributed by atoms with Crippen molar-refractivity contribution < 1.29 is 8.42 Å². The molecule has 0 fully saturated rings. The van der Waals surface area contributed by atoms with Crippen LogP contribution in [0.2, 0.25) is 0 Å². The molecule has 0 aliphatic carbocycles. The average Bonchev–Trinajstić information content (AvgIpc) is 2.61. The van der Waals surface area contributed by atoms with Gasteiger partial charge in [-0.05, 0) is 31.5 Å². The molecular weight excluding hydrogens is 461 g/mol. The summed E-state index contributed by atoms with van der Waals surface area (Å²) in [6.45, 7) is 5.58. The lowest BCUT2D eigenvalue weighted by Gasteiger charge is -2.11. The summed E-state index contributed by atoms with van der Waals surface area (Å²) in [4.78, 5) is 4.85. The highest BCUT2D eigenvalue weighted by Crippen LogP contribution is 2.09. The molecule has 0 saturated carbocycles. The quantitative estimate of drug-likeness (QED) is 0.358. The number of sulfone groups is 1. The minimum atomic E-state index is -3.29. The predicted molar refractivity (Wildman–Crippen MR) is 118 cm³/mol. The molecule has 0 unspecified atom stereocenters. The molecule has 0 spiro atoms. The third-order valence-electron chi connectivity index (χ3n) is 3.65. The molecule has 2 N–H and O–H groups in total. The van der Waals surface area contributed by atoms with Crippen molar-refractivity contribution in [1.82, 2.24) is 10.6 Å². The summed E-state index contributed by atoms with van der Waals surface area (Å²) in [6.07, 6.45) is 0.